The first kappa shape index (κ1) is 19.4. The molecule has 0 amide bonds. The third kappa shape index (κ3) is 4.13. The maximum absolute atomic E-state index is 12.7. The molecule has 2 aromatic rings. The van der Waals surface area contributed by atoms with Gasteiger partial charge in [0.2, 0.25) is 0 Å². The molecule has 3 rings (SSSR count). The lowest BCUT2D eigenvalue weighted by atomic mass is 9.74. The number of nitrogens with zero attached hydrogens (tertiary/aromatic N) is 3. The molecule has 0 saturated carbocycles. The van der Waals surface area contributed by atoms with Gasteiger partial charge in [-0.1, -0.05) is 12.1 Å². The van der Waals surface area contributed by atoms with Crippen LogP contribution in [0.25, 0.3) is 0 Å². The van der Waals surface area contributed by atoms with E-state index in [0.29, 0.717) is 38.0 Å². The number of alkyl halides is 3. The molecule has 7 heteroatoms. The third-order valence-electron chi connectivity index (χ3n) is 5.19. The normalized spacial score (nSPS) is 18.1. The molecule has 1 aliphatic rings. The molecule has 1 atom stereocenters. The fourth-order valence-electron chi connectivity index (χ4n) is 3.72. The molecule has 1 N–H and O–H groups in total. The number of pyridine rings is 2. The Balaban J connectivity index is 1.71. The lowest BCUT2D eigenvalue weighted by molar-refractivity contribution is -0.141. The van der Waals surface area contributed by atoms with Crippen LogP contribution >= 0.6 is 0 Å². The van der Waals surface area contributed by atoms with Crippen LogP contribution in [0, 0.1) is 5.92 Å². The first-order chi connectivity index (χ1) is 12.8. The van der Waals surface area contributed by atoms with Gasteiger partial charge >= 0.3 is 6.18 Å². The summed E-state index contributed by atoms with van der Waals surface area (Å²) in [4.78, 5) is 9.65. The molecule has 3 heterocycles. The van der Waals surface area contributed by atoms with Gasteiger partial charge in [-0.3, -0.25) is 4.98 Å². The number of rotatable bonds is 5. The monoisotopic (exact) mass is 377 g/mol. The van der Waals surface area contributed by atoms with Crippen LogP contribution < -0.4 is 4.90 Å². The Bertz CT molecular complexity index is 756. The number of anilines is 1. The van der Waals surface area contributed by atoms with Gasteiger partial charge in [0.1, 0.15) is 5.69 Å². The number of halogens is 3. The Morgan fingerprint density at radius 2 is 1.93 bits per heavy atom. The maximum atomic E-state index is 12.7. The molecule has 0 bridgehead atoms. The van der Waals surface area contributed by atoms with E-state index < -0.39 is 17.5 Å². The second kappa shape index (κ2) is 7.68. The van der Waals surface area contributed by atoms with E-state index in [9.17, 15) is 18.3 Å². The molecule has 4 nitrogen and oxygen atoms in total. The van der Waals surface area contributed by atoms with Crippen LogP contribution in [-0.4, -0.2) is 28.2 Å². The Kier molecular flexibility index (Phi) is 5.51. The number of aromatic nitrogens is 2. The molecule has 0 spiro atoms. The molecule has 2 aromatic heterocycles. The van der Waals surface area contributed by atoms with Crippen LogP contribution in [0.15, 0.2) is 55.5 Å². The van der Waals surface area contributed by atoms with Gasteiger partial charge in [-0.15, -0.1) is 6.58 Å². The van der Waals surface area contributed by atoms with Crippen LogP contribution in [0.1, 0.15) is 30.5 Å². The number of hydrogen-bond donors (Lipinski definition) is 1. The molecular formula is C20H22F3N3O. The molecule has 1 saturated heterocycles. The highest BCUT2D eigenvalue weighted by molar-refractivity contribution is 5.45. The van der Waals surface area contributed by atoms with Crippen molar-refractivity contribution in [1.82, 2.24) is 9.97 Å². The standard InChI is InChI=1S/C20H22F3N3O/c1-2-9-19(27,16-4-3-10-24-13-16)15-7-11-26(12-8-15)17-5-6-18(25-14-17)20(21,22)23/h2-6,10,13-15,27H,1,7-9,11-12H2. The van der Waals surface area contributed by atoms with Crippen molar-refractivity contribution in [2.45, 2.75) is 31.0 Å². The van der Waals surface area contributed by atoms with Crippen molar-refractivity contribution in [3.05, 3.63) is 66.8 Å². The quantitative estimate of drug-likeness (QED) is 0.795. The highest BCUT2D eigenvalue weighted by Crippen LogP contribution is 2.40. The van der Waals surface area contributed by atoms with Crippen molar-refractivity contribution in [3.63, 3.8) is 0 Å². The highest BCUT2D eigenvalue weighted by Gasteiger charge is 2.39. The molecule has 1 unspecified atom stereocenters. The summed E-state index contributed by atoms with van der Waals surface area (Å²) in [5.74, 6) is 0.0124. The molecule has 0 aromatic carbocycles. The van der Waals surface area contributed by atoms with E-state index in [0.717, 1.165) is 11.6 Å². The zero-order valence-corrected chi connectivity index (χ0v) is 14.9. The first-order valence-electron chi connectivity index (χ1n) is 8.86. The van der Waals surface area contributed by atoms with Gasteiger partial charge in [-0.25, -0.2) is 4.98 Å². The Labute approximate surface area is 156 Å². The van der Waals surface area contributed by atoms with E-state index in [2.05, 4.69) is 16.5 Å². The Morgan fingerprint density at radius 1 is 1.19 bits per heavy atom. The smallest absolute Gasteiger partial charge is 0.384 e. The van der Waals surface area contributed by atoms with Crippen molar-refractivity contribution in [3.8, 4) is 0 Å². The molecule has 0 aliphatic carbocycles. The predicted octanol–water partition coefficient (Wildman–Crippen LogP) is 4.18. The van der Waals surface area contributed by atoms with Crippen LogP contribution in [0.2, 0.25) is 0 Å². The van der Waals surface area contributed by atoms with Crippen molar-refractivity contribution < 1.29 is 18.3 Å². The van der Waals surface area contributed by atoms with Gasteiger partial charge in [-0.2, -0.15) is 13.2 Å². The fraction of sp³-hybridized carbons (Fsp3) is 0.400. The topological polar surface area (TPSA) is 49.3 Å². The lowest BCUT2D eigenvalue weighted by Crippen LogP contribution is -2.43. The van der Waals surface area contributed by atoms with E-state index in [1.54, 1.807) is 24.5 Å². The minimum absolute atomic E-state index is 0.0124. The van der Waals surface area contributed by atoms with E-state index in [1.165, 1.54) is 12.3 Å². The SMILES string of the molecule is C=CCC(O)(c1cccnc1)C1CCN(c2ccc(C(F)(F)F)nc2)CC1. The first-order valence-corrected chi connectivity index (χ1v) is 8.86. The maximum Gasteiger partial charge on any atom is 0.433 e. The predicted molar refractivity (Wildman–Crippen MR) is 97.1 cm³/mol. The van der Waals surface area contributed by atoms with Crippen molar-refractivity contribution in [2.75, 3.05) is 18.0 Å². The minimum Gasteiger partial charge on any atom is -0.384 e. The summed E-state index contributed by atoms with van der Waals surface area (Å²) in [6.45, 7) is 5.04. The summed E-state index contributed by atoms with van der Waals surface area (Å²) < 4.78 is 38.0. The Morgan fingerprint density at radius 3 is 2.44 bits per heavy atom. The molecule has 1 aliphatic heterocycles. The van der Waals surface area contributed by atoms with Crippen LogP contribution in [-0.2, 0) is 11.8 Å². The van der Waals surface area contributed by atoms with Crippen molar-refractivity contribution in [1.29, 1.82) is 0 Å². The number of aliphatic hydroxyl groups is 1. The molecule has 144 valence electrons. The van der Waals surface area contributed by atoms with E-state index in [1.807, 2.05) is 11.0 Å². The highest BCUT2D eigenvalue weighted by atomic mass is 19.4. The summed E-state index contributed by atoms with van der Waals surface area (Å²) in [6, 6.07) is 6.12. The van der Waals surface area contributed by atoms with E-state index in [-0.39, 0.29) is 5.92 Å². The van der Waals surface area contributed by atoms with Gasteiger partial charge in [0, 0.05) is 31.0 Å². The summed E-state index contributed by atoms with van der Waals surface area (Å²) in [6.07, 6.45) is 3.72. The van der Waals surface area contributed by atoms with Gasteiger partial charge in [0.25, 0.3) is 0 Å². The molecule has 0 radical (unpaired) electrons. The largest absolute Gasteiger partial charge is 0.433 e. The van der Waals surface area contributed by atoms with E-state index >= 15 is 0 Å². The third-order valence-corrected chi connectivity index (χ3v) is 5.19. The zero-order chi connectivity index (χ0) is 19.5. The lowest BCUT2D eigenvalue weighted by Gasteiger charge is -2.42. The number of hydrogen-bond acceptors (Lipinski definition) is 4. The van der Waals surface area contributed by atoms with Gasteiger partial charge in [0.15, 0.2) is 0 Å². The number of piperidine rings is 1. The second-order valence-corrected chi connectivity index (χ2v) is 6.82. The average Bonchev–Trinajstić information content (AvgIpc) is 2.68. The molecular weight excluding hydrogens is 355 g/mol. The van der Waals surface area contributed by atoms with Gasteiger partial charge in [-0.05, 0) is 43.4 Å². The fourth-order valence-corrected chi connectivity index (χ4v) is 3.72. The van der Waals surface area contributed by atoms with Gasteiger partial charge in [0.05, 0.1) is 17.5 Å². The summed E-state index contributed by atoms with van der Waals surface area (Å²) in [5.41, 5.74) is -0.506. The molecule has 1 fully saturated rings. The second-order valence-electron chi connectivity index (χ2n) is 6.82. The summed E-state index contributed by atoms with van der Waals surface area (Å²) in [7, 11) is 0. The van der Waals surface area contributed by atoms with E-state index in [4.69, 9.17) is 0 Å². The summed E-state index contributed by atoms with van der Waals surface area (Å²) in [5, 5.41) is 11.3. The summed E-state index contributed by atoms with van der Waals surface area (Å²) >= 11 is 0. The van der Waals surface area contributed by atoms with Crippen molar-refractivity contribution >= 4 is 5.69 Å². The Hall–Kier alpha value is -2.41. The average molecular weight is 377 g/mol. The zero-order valence-electron chi connectivity index (χ0n) is 14.9. The molecule has 27 heavy (non-hydrogen) atoms. The van der Waals surface area contributed by atoms with Crippen LogP contribution in [0.4, 0.5) is 18.9 Å². The minimum atomic E-state index is -4.43. The van der Waals surface area contributed by atoms with Gasteiger partial charge < -0.3 is 10.0 Å². The van der Waals surface area contributed by atoms with Crippen molar-refractivity contribution in [2.24, 2.45) is 5.92 Å². The van der Waals surface area contributed by atoms with Crippen LogP contribution in [0.3, 0.4) is 0 Å². The van der Waals surface area contributed by atoms with Crippen LogP contribution in [0.5, 0.6) is 0 Å².